The summed E-state index contributed by atoms with van der Waals surface area (Å²) in [6.45, 7) is 0.233. The molecule has 0 spiro atoms. The van der Waals surface area contributed by atoms with Crippen molar-refractivity contribution in [2.45, 2.75) is 12.5 Å². The summed E-state index contributed by atoms with van der Waals surface area (Å²) in [6, 6.07) is 2.85. The molecule has 1 atom stereocenters. The highest BCUT2D eigenvalue weighted by atomic mass is 35.5. The van der Waals surface area contributed by atoms with Crippen LogP contribution in [0.2, 0.25) is 5.02 Å². The lowest BCUT2D eigenvalue weighted by Crippen LogP contribution is -2.59. The zero-order valence-corrected chi connectivity index (χ0v) is 13.7. The van der Waals surface area contributed by atoms with Gasteiger partial charge in [0.1, 0.15) is 17.6 Å². The average Bonchev–Trinajstić information content (AvgIpc) is 2.57. The van der Waals surface area contributed by atoms with Gasteiger partial charge in [-0.1, -0.05) is 11.6 Å². The molecule has 7 nitrogen and oxygen atoms in total. The Morgan fingerprint density at radius 1 is 1.50 bits per heavy atom. The van der Waals surface area contributed by atoms with Crippen molar-refractivity contribution < 1.29 is 23.5 Å². The highest BCUT2D eigenvalue weighted by Gasteiger charge is 2.34. The zero-order chi connectivity index (χ0) is 17.7. The van der Waals surface area contributed by atoms with Crippen molar-refractivity contribution in [3.8, 4) is 5.75 Å². The number of amides is 3. The van der Waals surface area contributed by atoms with Gasteiger partial charge < -0.3 is 20.3 Å². The van der Waals surface area contributed by atoms with E-state index in [0.717, 1.165) is 6.07 Å². The van der Waals surface area contributed by atoms with Gasteiger partial charge in [-0.05, 0) is 12.1 Å². The van der Waals surface area contributed by atoms with Crippen LogP contribution in [0.25, 0.3) is 0 Å². The summed E-state index contributed by atoms with van der Waals surface area (Å²) in [4.78, 5) is 37.1. The van der Waals surface area contributed by atoms with Gasteiger partial charge >= 0.3 is 0 Å². The molecule has 3 amide bonds. The number of piperazine rings is 1. The van der Waals surface area contributed by atoms with Gasteiger partial charge in [-0.15, -0.1) is 0 Å². The number of hydrogen-bond acceptors (Lipinski definition) is 4. The van der Waals surface area contributed by atoms with Crippen molar-refractivity contribution in [1.82, 2.24) is 15.5 Å². The Kier molecular flexibility index (Phi) is 5.97. The van der Waals surface area contributed by atoms with Crippen LogP contribution < -0.4 is 15.4 Å². The van der Waals surface area contributed by atoms with Crippen molar-refractivity contribution >= 4 is 29.3 Å². The molecule has 1 aliphatic rings. The maximum absolute atomic E-state index is 13.1. The average molecular weight is 358 g/mol. The summed E-state index contributed by atoms with van der Waals surface area (Å²) >= 11 is 5.65. The first-order valence-corrected chi connectivity index (χ1v) is 7.65. The van der Waals surface area contributed by atoms with Crippen LogP contribution in [0.5, 0.6) is 5.75 Å². The van der Waals surface area contributed by atoms with Crippen molar-refractivity contribution in [3.63, 3.8) is 0 Å². The molecular formula is C15H17ClFN3O4. The third-order valence-electron chi connectivity index (χ3n) is 3.56. The van der Waals surface area contributed by atoms with E-state index in [2.05, 4.69) is 10.6 Å². The zero-order valence-electron chi connectivity index (χ0n) is 13.0. The summed E-state index contributed by atoms with van der Waals surface area (Å²) < 4.78 is 18.4. The molecule has 130 valence electrons. The Labute approximate surface area is 143 Å². The van der Waals surface area contributed by atoms with Crippen LogP contribution in [0.3, 0.4) is 0 Å². The van der Waals surface area contributed by atoms with Crippen LogP contribution >= 0.6 is 11.6 Å². The van der Waals surface area contributed by atoms with E-state index in [1.165, 1.54) is 24.1 Å². The highest BCUT2D eigenvalue weighted by Crippen LogP contribution is 2.21. The summed E-state index contributed by atoms with van der Waals surface area (Å²) in [6.07, 6.45) is -0.129. The van der Waals surface area contributed by atoms with Crippen LogP contribution in [-0.4, -0.2) is 55.4 Å². The fraction of sp³-hybridized carbons (Fsp3) is 0.400. The van der Waals surface area contributed by atoms with Crippen LogP contribution in [0.4, 0.5) is 4.39 Å². The first-order chi connectivity index (χ1) is 11.4. The molecule has 24 heavy (non-hydrogen) atoms. The lowest BCUT2D eigenvalue weighted by Gasteiger charge is -2.34. The predicted octanol–water partition coefficient (Wildman–Crippen LogP) is 0.321. The molecule has 0 saturated carbocycles. The van der Waals surface area contributed by atoms with E-state index in [9.17, 15) is 18.8 Å². The number of benzene rings is 1. The standard InChI is InChI=1S/C15H17ClFN3O4/c1-18-13(21)7-12-15(23)19-4-5-20(12)14(22)8-24-9-2-3-11(17)10(16)6-9/h2-3,6,12H,4-5,7-8H2,1H3,(H,18,21)(H,19,23)/t12-/m0/s1. The van der Waals surface area contributed by atoms with E-state index in [1.807, 2.05) is 0 Å². The fourth-order valence-electron chi connectivity index (χ4n) is 2.29. The number of ether oxygens (including phenoxy) is 1. The number of hydrogen-bond donors (Lipinski definition) is 2. The van der Waals surface area contributed by atoms with E-state index in [0.29, 0.717) is 6.54 Å². The third kappa shape index (κ3) is 4.35. The Morgan fingerprint density at radius 2 is 2.25 bits per heavy atom. The second-order valence-corrected chi connectivity index (χ2v) is 5.54. The van der Waals surface area contributed by atoms with E-state index >= 15 is 0 Å². The maximum Gasteiger partial charge on any atom is 0.261 e. The number of nitrogens with zero attached hydrogens (tertiary/aromatic N) is 1. The quantitative estimate of drug-likeness (QED) is 0.794. The Hall–Kier alpha value is -2.35. The second-order valence-electron chi connectivity index (χ2n) is 5.14. The van der Waals surface area contributed by atoms with Crippen molar-refractivity contribution in [2.75, 3.05) is 26.7 Å². The monoisotopic (exact) mass is 357 g/mol. The van der Waals surface area contributed by atoms with Gasteiger partial charge in [-0.2, -0.15) is 0 Å². The lowest BCUT2D eigenvalue weighted by atomic mass is 10.1. The Bertz CT molecular complexity index is 656. The van der Waals surface area contributed by atoms with Gasteiger partial charge in [0.05, 0.1) is 11.4 Å². The molecule has 1 saturated heterocycles. The van der Waals surface area contributed by atoms with Crippen LogP contribution in [0.1, 0.15) is 6.42 Å². The molecule has 0 bridgehead atoms. The van der Waals surface area contributed by atoms with Crippen LogP contribution in [-0.2, 0) is 14.4 Å². The van der Waals surface area contributed by atoms with Gasteiger partial charge in [0.15, 0.2) is 6.61 Å². The molecule has 0 aromatic heterocycles. The van der Waals surface area contributed by atoms with Gasteiger partial charge in [0.2, 0.25) is 11.8 Å². The van der Waals surface area contributed by atoms with E-state index in [1.54, 1.807) is 0 Å². The molecule has 0 unspecified atom stereocenters. The minimum Gasteiger partial charge on any atom is -0.484 e. The molecule has 2 rings (SSSR count). The topological polar surface area (TPSA) is 87.7 Å². The predicted molar refractivity (Wildman–Crippen MR) is 84.1 cm³/mol. The summed E-state index contributed by atoms with van der Waals surface area (Å²) in [5.41, 5.74) is 0. The number of halogens is 2. The maximum atomic E-state index is 13.1. The summed E-state index contributed by atoms with van der Waals surface area (Å²) in [5, 5.41) is 4.93. The van der Waals surface area contributed by atoms with Gasteiger partial charge in [0.25, 0.3) is 5.91 Å². The van der Waals surface area contributed by atoms with Gasteiger partial charge in [0, 0.05) is 26.2 Å². The van der Waals surface area contributed by atoms with Crippen LogP contribution in [0.15, 0.2) is 18.2 Å². The minimum absolute atomic E-state index is 0.116. The summed E-state index contributed by atoms with van der Waals surface area (Å²) in [5.74, 6) is -1.53. The van der Waals surface area contributed by atoms with Crippen molar-refractivity contribution in [2.24, 2.45) is 0 Å². The molecule has 0 radical (unpaired) electrons. The lowest BCUT2D eigenvalue weighted by molar-refractivity contribution is -0.146. The second kappa shape index (κ2) is 7.96. The fourth-order valence-corrected chi connectivity index (χ4v) is 2.46. The molecule has 1 aliphatic heterocycles. The SMILES string of the molecule is CNC(=O)C[C@H]1C(=O)NCCN1C(=O)COc1ccc(F)c(Cl)c1. The van der Waals surface area contributed by atoms with E-state index in [4.69, 9.17) is 16.3 Å². The van der Waals surface area contributed by atoms with Crippen LogP contribution in [0, 0.1) is 5.82 Å². The molecule has 9 heteroatoms. The van der Waals surface area contributed by atoms with E-state index in [-0.39, 0.29) is 42.2 Å². The normalized spacial score (nSPS) is 17.2. The number of carbonyl (C=O) groups excluding carboxylic acids is 3. The number of carbonyl (C=O) groups is 3. The first kappa shape index (κ1) is 18.0. The minimum atomic E-state index is -0.883. The smallest absolute Gasteiger partial charge is 0.261 e. The summed E-state index contributed by atoms with van der Waals surface area (Å²) in [7, 11) is 1.45. The Morgan fingerprint density at radius 3 is 2.92 bits per heavy atom. The molecule has 2 N–H and O–H groups in total. The molecule has 1 fully saturated rings. The molecule has 1 heterocycles. The molecule has 1 aromatic carbocycles. The highest BCUT2D eigenvalue weighted by molar-refractivity contribution is 6.30. The number of rotatable bonds is 5. The molecule has 1 aromatic rings. The van der Waals surface area contributed by atoms with E-state index < -0.39 is 17.8 Å². The van der Waals surface area contributed by atoms with Gasteiger partial charge in [-0.25, -0.2) is 4.39 Å². The number of nitrogens with one attached hydrogen (secondary N) is 2. The van der Waals surface area contributed by atoms with Crippen molar-refractivity contribution in [1.29, 1.82) is 0 Å². The van der Waals surface area contributed by atoms with Crippen molar-refractivity contribution in [3.05, 3.63) is 29.0 Å². The third-order valence-corrected chi connectivity index (χ3v) is 3.85. The molecular weight excluding hydrogens is 341 g/mol. The van der Waals surface area contributed by atoms with Gasteiger partial charge in [-0.3, -0.25) is 14.4 Å². The molecule has 0 aliphatic carbocycles. The first-order valence-electron chi connectivity index (χ1n) is 7.28. The Balaban J connectivity index is 2.01. The largest absolute Gasteiger partial charge is 0.484 e.